The second-order valence-corrected chi connectivity index (χ2v) is 5.97. The first-order valence-corrected chi connectivity index (χ1v) is 6.55. The standard InChI is InChI=1S/C14H30O/c1-6-8-9-10-14(5,15)12-11-13(3,4)7-2/h15H,6-12H2,1-5H3. The van der Waals surface area contributed by atoms with E-state index < -0.39 is 5.60 Å². The van der Waals surface area contributed by atoms with Gasteiger partial charge < -0.3 is 5.11 Å². The highest BCUT2D eigenvalue weighted by atomic mass is 16.3. The van der Waals surface area contributed by atoms with Crippen molar-refractivity contribution in [1.82, 2.24) is 0 Å². The molecule has 0 aliphatic heterocycles. The normalized spacial score (nSPS) is 16.4. The van der Waals surface area contributed by atoms with E-state index in [-0.39, 0.29) is 0 Å². The predicted octanol–water partition coefficient (Wildman–Crippen LogP) is 4.53. The first-order valence-electron chi connectivity index (χ1n) is 6.55. The molecule has 0 saturated heterocycles. The van der Waals surface area contributed by atoms with Gasteiger partial charge in [0.05, 0.1) is 5.60 Å². The molecule has 1 N–H and O–H groups in total. The van der Waals surface area contributed by atoms with Gasteiger partial charge in [0.1, 0.15) is 0 Å². The number of unbranched alkanes of at least 4 members (excludes halogenated alkanes) is 2. The summed E-state index contributed by atoms with van der Waals surface area (Å²) in [6, 6.07) is 0. The lowest BCUT2D eigenvalue weighted by atomic mass is 9.80. The van der Waals surface area contributed by atoms with Crippen LogP contribution in [-0.4, -0.2) is 10.7 Å². The van der Waals surface area contributed by atoms with Gasteiger partial charge in [-0.05, 0) is 31.6 Å². The molecule has 1 nitrogen and oxygen atoms in total. The molecule has 1 heteroatoms. The maximum atomic E-state index is 10.2. The van der Waals surface area contributed by atoms with E-state index in [0.717, 1.165) is 25.7 Å². The minimum absolute atomic E-state index is 0.384. The fourth-order valence-electron chi connectivity index (χ4n) is 1.67. The first kappa shape index (κ1) is 15.0. The van der Waals surface area contributed by atoms with Crippen molar-refractivity contribution in [3.63, 3.8) is 0 Å². The second kappa shape index (κ2) is 6.52. The van der Waals surface area contributed by atoms with E-state index in [9.17, 15) is 5.11 Å². The van der Waals surface area contributed by atoms with Crippen LogP contribution >= 0.6 is 0 Å². The molecule has 0 amide bonds. The van der Waals surface area contributed by atoms with E-state index in [1.54, 1.807) is 0 Å². The molecule has 0 aromatic carbocycles. The summed E-state index contributed by atoms with van der Waals surface area (Å²) in [5, 5.41) is 10.2. The average Bonchev–Trinajstić information content (AvgIpc) is 2.16. The Labute approximate surface area is 96.3 Å². The van der Waals surface area contributed by atoms with E-state index in [1.807, 2.05) is 6.92 Å². The molecule has 1 unspecified atom stereocenters. The van der Waals surface area contributed by atoms with Crippen molar-refractivity contribution in [1.29, 1.82) is 0 Å². The summed E-state index contributed by atoms with van der Waals surface area (Å²) in [4.78, 5) is 0. The molecule has 0 radical (unpaired) electrons. The number of hydrogen-bond donors (Lipinski definition) is 1. The molecule has 0 aliphatic carbocycles. The zero-order valence-electron chi connectivity index (χ0n) is 11.4. The molecule has 1 atom stereocenters. The van der Waals surface area contributed by atoms with E-state index in [2.05, 4.69) is 27.7 Å². The van der Waals surface area contributed by atoms with Crippen molar-refractivity contribution >= 4 is 0 Å². The largest absolute Gasteiger partial charge is 0.390 e. The van der Waals surface area contributed by atoms with Gasteiger partial charge in [-0.25, -0.2) is 0 Å². The van der Waals surface area contributed by atoms with Gasteiger partial charge in [0.2, 0.25) is 0 Å². The van der Waals surface area contributed by atoms with Crippen LogP contribution in [0.2, 0.25) is 0 Å². The maximum absolute atomic E-state index is 10.2. The minimum atomic E-state index is -0.443. The molecule has 0 fully saturated rings. The third-order valence-corrected chi connectivity index (χ3v) is 3.62. The molecule has 0 aliphatic rings. The highest BCUT2D eigenvalue weighted by Crippen LogP contribution is 2.31. The Balaban J connectivity index is 3.82. The van der Waals surface area contributed by atoms with Crippen molar-refractivity contribution in [2.75, 3.05) is 0 Å². The van der Waals surface area contributed by atoms with Crippen molar-refractivity contribution in [3.8, 4) is 0 Å². The monoisotopic (exact) mass is 214 g/mol. The molecule has 15 heavy (non-hydrogen) atoms. The van der Waals surface area contributed by atoms with Gasteiger partial charge >= 0.3 is 0 Å². The molecular formula is C14H30O. The van der Waals surface area contributed by atoms with Crippen LogP contribution in [0.1, 0.15) is 79.6 Å². The van der Waals surface area contributed by atoms with Gasteiger partial charge in [0, 0.05) is 0 Å². The highest BCUT2D eigenvalue weighted by Gasteiger charge is 2.24. The molecule has 0 heterocycles. The Morgan fingerprint density at radius 2 is 1.47 bits per heavy atom. The zero-order chi connectivity index (χ0) is 11.9. The van der Waals surface area contributed by atoms with Gasteiger partial charge in [-0.1, -0.05) is 53.4 Å². The van der Waals surface area contributed by atoms with Crippen molar-refractivity contribution in [3.05, 3.63) is 0 Å². The smallest absolute Gasteiger partial charge is 0.0620 e. The average molecular weight is 214 g/mol. The summed E-state index contributed by atoms with van der Waals surface area (Å²) in [6.07, 6.45) is 7.86. The lowest BCUT2D eigenvalue weighted by Gasteiger charge is -2.29. The molecular weight excluding hydrogens is 184 g/mol. The number of hydrogen-bond acceptors (Lipinski definition) is 1. The summed E-state index contributed by atoms with van der Waals surface area (Å²) in [6.45, 7) is 11.0. The van der Waals surface area contributed by atoms with Gasteiger partial charge in [0.15, 0.2) is 0 Å². The third kappa shape index (κ3) is 7.84. The first-order chi connectivity index (χ1) is 6.83. The van der Waals surface area contributed by atoms with Crippen LogP contribution in [0.15, 0.2) is 0 Å². The number of aliphatic hydroxyl groups is 1. The van der Waals surface area contributed by atoms with Crippen LogP contribution in [0.3, 0.4) is 0 Å². The third-order valence-electron chi connectivity index (χ3n) is 3.62. The fourth-order valence-corrected chi connectivity index (χ4v) is 1.67. The minimum Gasteiger partial charge on any atom is -0.390 e. The van der Waals surface area contributed by atoms with Crippen LogP contribution < -0.4 is 0 Å². The van der Waals surface area contributed by atoms with E-state index in [4.69, 9.17) is 0 Å². The summed E-state index contributed by atoms with van der Waals surface area (Å²) in [5.41, 5.74) is -0.0592. The van der Waals surface area contributed by atoms with Crippen molar-refractivity contribution in [2.24, 2.45) is 5.41 Å². The van der Waals surface area contributed by atoms with Gasteiger partial charge in [-0.2, -0.15) is 0 Å². The fraction of sp³-hybridized carbons (Fsp3) is 1.00. The van der Waals surface area contributed by atoms with E-state index >= 15 is 0 Å². The summed E-state index contributed by atoms with van der Waals surface area (Å²) in [5.74, 6) is 0. The molecule has 0 saturated carbocycles. The van der Waals surface area contributed by atoms with E-state index in [1.165, 1.54) is 19.3 Å². The Bertz CT molecular complexity index is 159. The van der Waals surface area contributed by atoms with Crippen LogP contribution in [0.4, 0.5) is 0 Å². The lowest BCUT2D eigenvalue weighted by molar-refractivity contribution is 0.0267. The SMILES string of the molecule is CCCCCC(C)(O)CCC(C)(C)CC. The Morgan fingerprint density at radius 3 is 1.93 bits per heavy atom. The number of rotatable bonds is 8. The Hall–Kier alpha value is -0.0400. The molecule has 0 bridgehead atoms. The van der Waals surface area contributed by atoms with Crippen LogP contribution in [-0.2, 0) is 0 Å². The van der Waals surface area contributed by atoms with Crippen LogP contribution in [0.25, 0.3) is 0 Å². The molecule has 0 rings (SSSR count). The summed E-state index contributed by atoms with van der Waals surface area (Å²) < 4.78 is 0. The van der Waals surface area contributed by atoms with Gasteiger partial charge in [-0.15, -0.1) is 0 Å². The molecule has 92 valence electrons. The quantitative estimate of drug-likeness (QED) is 0.588. The zero-order valence-corrected chi connectivity index (χ0v) is 11.4. The molecule has 0 aromatic rings. The van der Waals surface area contributed by atoms with Gasteiger partial charge in [0.25, 0.3) is 0 Å². The summed E-state index contributed by atoms with van der Waals surface area (Å²) in [7, 11) is 0. The van der Waals surface area contributed by atoms with Crippen LogP contribution in [0, 0.1) is 5.41 Å². The van der Waals surface area contributed by atoms with Crippen LogP contribution in [0.5, 0.6) is 0 Å². The highest BCUT2D eigenvalue weighted by molar-refractivity contribution is 4.77. The molecule has 0 spiro atoms. The van der Waals surface area contributed by atoms with Crippen molar-refractivity contribution < 1.29 is 5.11 Å². The second-order valence-electron chi connectivity index (χ2n) is 5.97. The topological polar surface area (TPSA) is 20.2 Å². The predicted molar refractivity (Wildman–Crippen MR) is 68.1 cm³/mol. The van der Waals surface area contributed by atoms with E-state index in [0.29, 0.717) is 5.41 Å². The van der Waals surface area contributed by atoms with Gasteiger partial charge in [-0.3, -0.25) is 0 Å². The summed E-state index contributed by atoms with van der Waals surface area (Å²) >= 11 is 0. The maximum Gasteiger partial charge on any atom is 0.0620 e. The Morgan fingerprint density at radius 1 is 0.867 bits per heavy atom. The lowest BCUT2D eigenvalue weighted by Crippen LogP contribution is -2.26. The van der Waals surface area contributed by atoms with Crippen molar-refractivity contribution in [2.45, 2.75) is 85.2 Å². The Kier molecular flexibility index (Phi) is 6.51. The molecule has 0 aromatic heterocycles.